The molecular weight excluding hydrogens is 296 g/mol. The minimum absolute atomic E-state index is 0. The first-order valence-electron chi connectivity index (χ1n) is 8.26. The molecule has 2 heterocycles. The van der Waals surface area contributed by atoms with Gasteiger partial charge in [-0.25, -0.2) is 0 Å². The van der Waals surface area contributed by atoms with Crippen molar-refractivity contribution < 1.29 is 4.79 Å². The highest BCUT2D eigenvalue weighted by Gasteiger charge is 2.41. The molecule has 0 aromatic heterocycles. The van der Waals surface area contributed by atoms with Crippen molar-refractivity contribution in [2.75, 3.05) is 13.1 Å². The van der Waals surface area contributed by atoms with Gasteiger partial charge >= 0.3 is 0 Å². The summed E-state index contributed by atoms with van der Waals surface area (Å²) < 4.78 is 0. The van der Waals surface area contributed by atoms with E-state index in [2.05, 4.69) is 36.2 Å². The van der Waals surface area contributed by atoms with Crippen molar-refractivity contribution in [1.29, 1.82) is 0 Å². The first-order valence-corrected chi connectivity index (χ1v) is 8.26. The van der Waals surface area contributed by atoms with Crippen molar-refractivity contribution in [3.05, 3.63) is 35.9 Å². The Morgan fingerprint density at radius 1 is 1.14 bits per heavy atom. The van der Waals surface area contributed by atoms with Crippen LogP contribution in [0.15, 0.2) is 30.3 Å². The molecule has 2 fully saturated rings. The third kappa shape index (κ3) is 3.31. The number of halogens is 1. The second-order valence-electron chi connectivity index (χ2n) is 6.76. The molecule has 2 saturated heterocycles. The Morgan fingerprint density at radius 2 is 1.82 bits per heavy atom. The van der Waals surface area contributed by atoms with Gasteiger partial charge in [-0.15, -0.1) is 12.4 Å². The fourth-order valence-corrected chi connectivity index (χ4v) is 3.98. The maximum absolute atomic E-state index is 13.3. The van der Waals surface area contributed by atoms with E-state index in [0.29, 0.717) is 23.9 Å². The zero-order valence-corrected chi connectivity index (χ0v) is 14.3. The zero-order valence-electron chi connectivity index (χ0n) is 13.5. The molecule has 4 heteroatoms. The molecule has 3 nitrogen and oxygen atoms in total. The molecule has 1 aromatic rings. The molecule has 1 aromatic carbocycles. The average molecular weight is 323 g/mol. The van der Waals surface area contributed by atoms with Crippen molar-refractivity contribution in [3.63, 3.8) is 0 Å². The van der Waals surface area contributed by atoms with Crippen LogP contribution in [0, 0.1) is 5.92 Å². The van der Waals surface area contributed by atoms with Crippen molar-refractivity contribution in [2.45, 2.75) is 51.1 Å². The molecule has 1 N–H and O–H groups in total. The molecule has 3 rings (SSSR count). The number of nitrogens with zero attached hydrogens (tertiary/aromatic N) is 1. The second kappa shape index (κ2) is 7.47. The largest absolute Gasteiger partial charge is 0.335 e. The molecule has 0 spiro atoms. The molecule has 0 radical (unpaired) electrons. The lowest BCUT2D eigenvalue weighted by molar-refractivity contribution is -0.136. The highest BCUT2D eigenvalue weighted by atomic mass is 35.5. The summed E-state index contributed by atoms with van der Waals surface area (Å²) in [6, 6.07) is 11.1. The van der Waals surface area contributed by atoms with Crippen LogP contribution < -0.4 is 5.32 Å². The zero-order chi connectivity index (χ0) is 14.8. The van der Waals surface area contributed by atoms with Gasteiger partial charge in [0.25, 0.3) is 0 Å². The van der Waals surface area contributed by atoms with E-state index < -0.39 is 0 Å². The highest BCUT2D eigenvalue weighted by molar-refractivity contribution is 5.85. The monoisotopic (exact) mass is 322 g/mol. The lowest BCUT2D eigenvalue weighted by Crippen LogP contribution is -2.45. The summed E-state index contributed by atoms with van der Waals surface area (Å²) >= 11 is 0. The van der Waals surface area contributed by atoms with Crippen LogP contribution in [0.2, 0.25) is 0 Å². The third-order valence-corrected chi connectivity index (χ3v) is 5.00. The number of hydrogen-bond donors (Lipinski definition) is 1. The molecule has 0 aliphatic carbocycles. The maximum Gasteiger partial charge on any atom is 0.230 e. The molecule has 0 saturated carbocycles. The number of hydrogen-bond acceptors (Lipinski definition) is 2. The van der Waals surface area contributed by atoms with Crippen LogP contribution in [0.1, 0.15) is 44.6 Å². The molecular formula is C18H27ClN2O. The molecule has 122 valence electrons. The fourth-order valence-electron chi connectivity index (χ4n) is 3.98. The standard InChI is InChI=1S/C18H26N2O.ClH/c1-13(2)17(14-6-4-3-5-7-14)18(21)20-15-8-9-16(20)12-19-11-10-15;/h3-7,13,15-17,19H,8-12H2,1-2H3;1H. The van der Waals surface area contributed by atoms with Crippen molar-refractivity contribution in [2.24, 2.45) is 5.92 Å². The molecule has 1 amide bonds. The van der Waals surface area contributed by atoms with Gasteiger partial charge < -0.3 is 10.2 Å². The summed E-state index contributed by atoms with van der Waals surface area (Å²) in [7, 11) is 0. The number of carbonyl (C=O) groups is 1. The Hall–Kier alpha value is -1.06. The number of carbonyl (C=O) groups excluding carboxylic acids is 1. The predicted molar refractivity (Wildman–Crippen MR) is 92.4 cm³/mol. The highest BCUT2D eigenvalue weighted by Crippen LogP contribution is 2.34. The lowest BCUT2D eigenvalue weighted by atomic mass is 9.86. The predicted octanol–water partition coefficient (Wildman–Crippen LogP) is 3.20. The number of fused-ring (bicyclic) bond motifs is 2. The Kier molecular flexibility index (Phi) is 5.87. The summed E-state index contributed by atoms with van der Waals surface area (Å²) in [6.45, 7) is 6.32. The number of benzene rings is 1. The van der Waals surface area contributed by atoms with E-state index in [0.717, 1.165) is 31.5 Å². The minimum atomic E-state index is -0.00704. The van der Waals surface area contributed by atoms with Gasteiger partial charge in [-0.2, -0.15) is 0 Å². The van der Waals surface area contributed by atoms with E-state index in [1.165, 1.54) is 6.42 Å². The second-order valence-corrected chi connectivity index (χ2v) is 6.76. The van der Waals surface area contributed by atoms with Crippen LogP contribution in [0.25, 0.3) is 0 Å². The Bertz CT molecular complexity index is 477. The first-order chi connectivity index (χ1) is 10.2. The van der Waals surface area contributed by atoms with E-state index in [9.17, 15) is 4.79 Å². The summed E-state index contributed by atoms with van der Waals surface area (Å²) in [6.07, 6.45) is 3.43. The number of rotatable bonds is 3. The van der Waals surface area contributed by atoms with Gasteiger partial charge in [0.05, 0.1) is 5.92 Å². The SMILES string of the molecule is CC(C)C(C(=O)N1C2CCNCC1CC2)c1ccccc1.Cl. The van der Waals surface area contributed by atoms with Crippen LogP contribution in [-0.2, 0) is 4.79 Å². The van der Waals surface area contributed by atoms with E-state index in [-0.39, 0.29) is 18.3 Å². The van der Waals surface area contributed by atoms with Crippen molar-refractivity contribution in [1.82, 2.24) is 10.2 Å². The molecule has 3 atom stereocenters. The minimum Gasteiger partial charge on any atom is -0.335 e. The van der Waals surface area contributed by atoms with Gasteiger partial charge in [0.1, 0.15) is 0 Å². The van der Waals surface area contributed by atoms with Crippen LogP contribution in [0.3, 0.4) is 0 Å². The van der Waals surface area contributed by atoms with Gasteiger partial charge in [-0.05, 0) is 37.3 Å². The van der Waals surface area contributed by atoms with Crippen molar-refractivity contribution in [3.8, 4) is 0 Å². The smallest absolute Gasteiger partial charge is 0.230 e. The first kappa shape index (κ1) is 17.3. The lowest BCUT2D eigenvalue weighted by Gasteiger charge is -2.33. The van der Waals surface area contributed by atoms with Crippen molar-refractivity contribution >= 4 is 18.3 Å². The number of nitrogens with one attached hydrogen (secondary N) is 1. The fraction of sp³-hybridized carbons (Fsp3) is 0.611. The van der Waals surface area contributed by atoms with Crippen LogP contribution >= 0.6 is 12.4 Å². The van der Waals surface area contributed by atoms with Gasteiger partial charge in [-0.1, -0.05) is 44.2 Å². The molecule has 2 aliphatic rings. The quantitative estimate of drug-likeness (QED) is 0.927. The Labute approximate surface area is 139 Å². The summed E-state index contributed by atoms with van der Waals surface area (Å²) in [5, 5.41) is 3.48. The molecule has 2 aliphatic heterocycles. The van der Waals surface area contributed by atoms with Gasteiger partial charge in [0.15, 0.2) is 0 Å². The summed E-state index contributed by atoms with van der Waals surface area (Å²) in [4.78, 5) is 15.5. The van der Waals surface area contributed by atoms with Crippen LogP contribution in [0.4, 0.5) is 0 Å². The third-order valence-electron chi connectivity index (χ3n) is 5.00. The van der Waals surface area contributed by atoms with E-state index in [1.807, 2.05) is 18.2 Å². The summed E-state index contributed by atoms with van der Waals surface area (Å²) in [5.74, 6) is 0.662. The Balaban J connectivity index is 0.00000176. The average Bonchev–Trinajstić information content (AvgIpc) is 2.73. The molecule has 3 unspecified atom stereocenters. The van der Waals surface area contributed by atoms with Gasteiger partial charge in [0, 0.05) is 18.6 Å². The number of amides is 1. The van der Waals surface area contributed by atoms with E-state index in [1.54, 1.807) is 0 Å². The molecule has 22 heavy (non-hydrogen) atoms. The van der Waals surface area contributed by atoms with E-state index in [4.69, 9.17) is 0 Å². The van der Waals surface area contributed by atoms with Gasteiger partial charge in [-0.3, -0.25) is 4.79 Å². The van der Waals surface area contributed by atoms with E-state index >= 15 is 0 Å². The van der Waals surface area contributed by atoms with Crippen LogP contribution in [-0.4, -0.2) is 36.0 Å². The topological polar surface area (TPSA) is 32.3 Å². The summed E-state index contributed by atoms with van der Waals surface area (Å²) in [5.41, 5.74) is 1.16. The molecule has 2 bridgehead atoms. The normalized spacial score (nSPS) is 25.5. The maximum atomic E-state index is 13.3. The van der Waals surface area contributed by atoms with Crippen LogP contribution in [0.5, 0.6) is 0 Å². The Morgan fingerprint density at radius 3 is 2.50 bits per heavy atom. The van der Waals surface area contributed by atoms with Gasteiger partial charge in [0.2, 0.25) is 5.91 Å².